The number of hydrogen-bond acceptors (Lipinski definition) is 8. The Kier molecular flexibility index (Phi) is 7.27. The molecular formula is C20H22N2O6. The number of hydrogen-bond donors (Lipinski definition) is 2. The van der Waals surface area contributed by atoms with Crippen LogP contribution in [0.2, 0.25) is 0 Å². The average Bonchev–Trinajstić information content (AvgIpc) is 2.69. The Morgan fingerprint density at radius 1 is 1.00 bits per heavy atom. The molecule has 0 atom stereocenters. The number of carbonyl (C=O) groups is 2. The lowest BCUT2D eigenvalue weighted by atomic mass is 10.2. The highest BCUT2D eigenvalue weighted by atomic mass is 16.5. The van der Waals surface area contributed by atoms with Gasteiger partial charge >= 0.3 is 11.9 Å². The van der Waals surface area contributed by atoms with Crippen molar-refractivity contribution in [1.29, 1.82) is 0 Å². The molecule has 0 aliphatic carbocycles. The van der Waals surface area contributed by atoms with Crippen LogP contribution in [-0.4, -0.2) is 32.8 Å². The maximum Gasteiger partial charge on any atom is 0.330 e. The van der Waals surface area contributed by atoms with Gasteiger partial charge in [-0.2, -0.15) is 0 Å². The maximum absolute atomic E-state index is 11.8. The molecule has 8 heteroatoms. The molecule has 2 aromatic carbocycles. The van der Waals surface area contributed by atoms with Gasteiger partial charge < -0.3 is 30.4 Å². The molecule has 0 radical (unpaired) electrons. The third-order valence-corrected chi connectivity index (χ3v) is 3.65. The van der Waals surface area contributed by atoms with Crippen LogP contribution in [0.4, 0.5) is 11.4 Å². The summed E-state index contributed by atoms with van der Waals surface area (Å²) in [6.45, 7) is -0.135. The van der Waals surface area contributed by atoms with E-state index in [1.807, 2.05) is 0 Å². The highest BCUT2D eigenvalue weighted by molar-refractivity contribution is 5.88. The van der Waals surface area contributed by atoms with Crippen molar-refractivity contribution in [1.82, 2.24) is 0 Å². The molecule has 0 heterocycles. The van der Waals surface area contributed by atoms with Crippen molar-refractivity contribution in [3.05, 3.63) is 48.0 Å². The molecule has 0 unspecified atom stereocenters. The lowest BCUT2D eigenvalue weighted by Crippen LogP contribution is -2.14. The number of carbonyl (C=O) groups excluding carboxylic acids is 2. The summed E-state index contributed by atoms with van der Waals surface area (Å²) >= 11 is 0. The van der Waals surface area contributed by atoms with Crippen LogP contribution >= 0.6 is 0 Å². The lowest BCUT2D eigenvalue weighted by Gasteiger charge is -2.08. The summed E-state index contributed by atoms with van der Waals surface area (Å²) in [6, 6.07) is 9.77. The fourth-order valence-electron chi connectivity index (χ4n) is 2.21. The number of esters is 2. The van der Waals surface area contributed by atoms with Crippen LogP contribution in [0, 0.1) is 0 Å². The van der Waals surface area contributed by atoms with Crippen molar-refractivity contribution in [2.75, 3.05) is 32.3 Å². The van der Waals surface area contributed by atoms with E-state index >= 15 is 0 Å². The molecule has 148 valence electrons. The Labute approximate surface area is 162 Å². The first-order valence-electron chi connectivity index (χ1n) is 8.35. The molecule has 0 saturated heterocycles. The minimum absolute atomic E-state index is 0.125. The second kappa shape index (κ2) is 9.86. The van der Waals surface area contributed by atoms with E-state index in [2.05, 4.69) is 0 Å². The maximum atomic E-state index is 11.8. The van der Waals surface area contributed by atoms with Crippen LogP contribution < -0.4 is 25.7 Å². The van der Waals surface area contributed by atoms with Gasteiger partial charge in [0, 0.05) is 29.5 Å². The van der Waals surface area contributed by atoms with E-state index in [-0.39, 0.29) is 24.5 Å². The normalized spacial score (nSPS) is 10.5. The van der Waals surface area contributed by atoms with Crippen LogP contribution in [0.15, 0.2) is 42.5 Å². The predicted molar refractivity (Wildman–Crippen MR) is 105 cm³/mol. The number of nitrogen functional groups attached to an aromatic ring is 2. The zero-order valence-corrected chi connectivity index (χ0v) is 15.6. The van der Waals surface area contributed by atoms with Gasteiger partial charge in [-0.3, -0.25) is 4.79 Å². The summed E-state index contributed by atoms with van der Waals surface area (Å²) in [5.41, 5.74) is 12.7. The Hall–Kier alpha value is -3.68. The number of ether oxygens (including phenoxy) is 4. The smallest absolute Gasteiger partial charge is 0.330 e. The van der Waals surface area contributed by atoms with Crippen molar-refractivity contribution in [3.8, 4) is 17.2 Å². The molecule has 28 heavy (non-hydrogen) atoms. The molecule has 0 bridgehead atoms. The molecule has 0 aromatic heterocycles. The summed E-state index contributed by atoms with van der Waals surface area (Å²) in [5.74, 6) is 0.158. The molecule has 8 nitrogen and oxygen atoms in total. The van der Waals surface area contributed by atoms with Gasteiger partial charge in [-0.25, -0.2) is 4.79 Å². The van der Waals surface area contributed by atoms with Gasteiger partial charge in [0.1, 0.15) is 18.1 Å². The second-order valence-corrected chi connectivity index (χ2v) is 5.63. The van der Waals surface area contributed by atoms with Gasteiger partial charge in [-0.15, -0.1) is 0 Å². The molecular weight excluding hydrogens is 364 g/mol. The third kappa shape index (κ3) is 5.94. The fraction of sp³-hybridized carbons (Fsp3) is 0.200. The summed E-state index contributed by atoms with van der Waals surface area (Å²) in [4.78, 5) is 23.6. The largest absolute Gasteiger partial charge is 0.497 e. The van der Waals surface area contributed by atoms with Gasteiger partial charge in [0.25, 0.3) is 0 Å². The summed E-state index contributed by atoms with van der Waals surface area (Å²) < 4.78 is 20.5. The SMILES string of the molecule is COc1ccc(/C=C/C(=O)OCCC(=O)Oc2cc(N)ccc2N)c(OC)c1. The topological polar surface area (TPSA) is 123 Å². The number of nitrogens with two attached hydrogens (primary N) is 2. The van der Waals surface area contributed by atoms with E-state index < -0.39 is 11.9 Å². The molecule has 0 aliphatic rings. The van der Waals surface area contributed by atoms with Crippen LogP contribution in [0.5, 0.6) is 17.2 Å². The van der Waals surface area contributed by atoms with Crippen molar-refractivity contribution in [2.24, 2.45) is 0 Å². The predicted octanol–water partition coefficient (Wildman–Crippen LogP) is 2.42. The van der Waals surface area contributed by atoms with Gasteiger partial charge in [-0.1, -0.05) is 0 Å². The average molecular weight is 386 g/mol. The number of rotatable bonds is 8. The van der Waals surface area contributed by atoms with Gasteiger partial charge in [0.05, 0.1) is 26.3 Å². The van der Waals surface area contributed by atoms with Crippen LogP contribution in [0.25, 0.3) is 6.08 Å². The van der Waals surface area contributed by atoms with Crippen molar-refractivity contribution in [2.45, 2.75) is 6.42 Å². The fourth-order valence-corrected chi connectivity index (χ4v) is 2.21. The highest BCUT2D eigenvalue weighted by Crippen LogP contribution is 2.26. The first-order valence-corrected chi connectivity index (χ1v) is 8.35. The third-order valence-electron chi connectivity index (χ3n) is 3.65. The molecule has 4 N–H and O–H groups in total. The van der Waals surface area contributed by atoms with E-state index in [1.165, 1.54) is 25.3 Å². The van der Waals surface area contributed by atoms with Crippen molar-refractivity contribution in [3.63, 3.8) is 0 Å². The van der Waals surface area contributed by atoms with Crippen molar-refractivity contribution < 1.29 is 28.5 Å². The van der Waals surface area contributed by atoms with Crippen molar-refractivity contribution >= 4 is 29.4 Å². The zero-order valence-electron chi connectivity index (χ0n) is 15.6. The Morgan fingerprint density at radius 3 is 2.50 bits per heavy atom. The Morgan fingerprint density at radius 2 is 1.79 bits per heavy atom. The van der Waals surface area contributed by atoms with E-state index in [4.69, 9.17) is 30.4 Å². The van der Waals surface area contributed by atoms with E-state index in [1.54, 1.807) is 37.5 Å². The number of anilines is 2. The van der Waals surface area contributed by atoms with Crippen LogP contribution in [-0.2, 0) is 14.3 Å². The van der Waals surface area contributed by atoms with E-state index in [0.29, 0.717) is 22.7 Å². The van der Waals surface area contributed by atoms with Crippen LogP contribution in [0.3, 0.4) is 0 Å². The summed E-state index contributed by atoms with van der Waals surface area (Å²) in [7, 11) is 3.07. The first-order chi connectivity index (χ1) is 13.4. The minimum atomic E-state index is -0.603. The van der Waals surface area contributed by atoms with E-state index in [9.17, 15) is 9.59 Å². The Balaban J connectivity index is 1.83. The van der Waals surface area contributed by atoms with E-state index in [0.717, 1.165) is 0 Å². The zero-order chi connectivity index (χ0) is 20.5. The molecule has 0 saturated carbocycles. The molecule has 2 rings (SSSR count). The molecule has 0 aliphatic heterocycles. The standard InChI is InChI=1S/C20H22N2O6/c1-25-15-6-3-13(17(12-15)26-2)4-8-19(23)27-10-9-20(24)28-18-11-14(21)5-7-16(18)22/h3-8,11-12H,9-10,21-22H2,1-2H3/b8-4+. The summed E-state index contributed by atoms with van der Waals surface area (Å²) in [6.07, 6.45) is 2.66. The minimum Gasteiger partial charge on any atom is -0.497 e. The van der Waals surface area contributed by atoms with Gasteiger partial charge in [0.2, 0.25) is 0 Å². The second-order valence-electron chi connectivity index (χ2n) is 5.63. The lowest BCUT2D eigenvalue weighted by molar-refractivity contribution is -0.141. The van der Waals surface area contributed by atoms with Gasteiger partial charge in [-0.05, 0) is 30.3 Å². The highest BCUT2D eigenvalue weighted by Gasteiger charge is 2.10. The summed E-state index contributed by atoms with van der Waals surface area (Å²) in [5, 5.41) is 0. The van der Waals surface area contributed by atoms with Gasteiger partial charge in [0.15, 0.2) is 5.75 Å². The molecule has 0 fully saturated rings. The molecule has 0 amide bonds. The number of methoxy groups -OCH3 is 2. The molecule has 2 aromatic rings. The first kappa shape index (κ1) is 20.6. The number of benzene rings is 2. The monoisotopic (exact) mass is 386 g/mol. The Bertz CT molecular complexity index is 879. The molecule has 0 spiro atoms. The van der Waals surface area contributed by atoms with Crippen LogP contribution in [0.1, 0.15) is 12.0 Å². The quantitative estimate of drug-likeness (QED) is 0.307.